The largest absolute Gasteiger partial charge is 0.364 e. The molecule has 0 unspecified atom stereocenters. The zero-order chi connectivity index (χ0) is 13.8. The van der Waals surface area contributed by atoms with Gasteiger partial charge in [-0.2, -0.15) is 10.1 Å². The van der Waals surface area contributed by atoms with Crippen LogP contribution in [0.1, 0.15) is 18.2 Å². The van der Waals surface area contributed by atoms with Gasteiger partial charge in [-0.1, -0.05) is 11.6 Å². The van der Waals surface area contributed by atoms with E-state index in [4.69, 9.17) is 11.6 Å². The number of hydrogen-bond acceptors (Lipinski definition) is 5. The predicted octanol–water partition coefficient (Wildman–Crippen LogP) is 2.22. The number of aryl methyl sites for hydroxylation is 1. The third kappa shape index (κ3) is 3.14. The molecule has 2 rings (SSSR count). The van der Waals surface area contributed by atoms with Crippen LogP contribution < -0.4 is 10.6 Å². The van der Waals surface area contributed by atoms with Crippen LogP contribution in [0.3, 0.4) is 0 Å². The number of rotatable bonds is 5. The van der Waals surface area contributed by atoms with E-state index in [1.54, 1.807) is 6.20 Å². The average Bonchev–Trinajstić information content (AvgIpc) is 2.71. The van der Waals surface area contributed by atoms with Crippen molar-refractivity contribution < 1.29 is 0 Å². The maximum atomic E-state index is 6.07. The van der Waals surface area contributed by atoms with E-state index >= 15 is 0 Å². The van der Waals surface area contributed by atoms with Crippen molar-refractivity contribution in [2.75, 3.05) is 17.2 Å². The number of hydrogen-bond donors (Lipinski definition) is 2. The fourth-order valence-electron chi connectivity index (χ4n) is 1.63. The van der Waals surface area contributed by atoms with E-state index in [0.29, 0.717) is 23.3 Å². The molecular formula is C12H17ClN6. The molecule has 2 heterocycles. The van der Waals surface area contributed by atoms with E-state index < -0.39 is 0 Å². The van der Waals surface area contributed by atoms with E-state index in [9.17, 15) is 0 Å². The Kier molecular flexibility index (Phi) is 4.21. The van der Waals surface area contributed by atoms with Crippen molar-refractivity contribution in [3.05, 3.63) is 28.7 Å². The maximum Gasteiger partial charge on any atom is 0.224 e. The molecule has 0 saturated carbocycles. The summed E-state index contributed by atoms with van der Waals surface area (Å²) in [5.74, 6) is 1.19. The molecule has 0 fully saturated rings. The van der Waals surface area contributed by atoms with Crippen molar-refractivity contribution in [2.45, 2.75) is 20.4 Å². The van der Waals surface area contributed by atoms with Crippen LogP contribution in [0.25, 0.3) is 0 Å². The number of nitrogens with zero attached hydrogens (tertiary/aromatic N) is 4. The third-order valence-corrected chi connectivity index (χ3v) is 3.14. The highest BCUT2D eigenvalue weighted by Crippen LogP contribution is 2.20. The fourth-order valence-corrected chi connectivity index (χ4v) is 1.79. The predicted molar refractivity (Wildman–Crippen MR) is 76.5 cm³/mol. The molecule has 0 saturated heterocycles. The lowest BCUT2D eigenvalue weighted by Crippen LogP contribution is -2.07. The van der Waals surface area contributed by atoms with Crippen molar-refractivity contribution in [3.63, 3.8) is 0 Å². The van der Waals surface area contributed by atoms with Crippen LogP contribution in [0, 0.1) is 6.92 Å². The molecule has 6 nitrogen and oxygen atoms in total. The van der Waals surface area contributed by atoms with Gasteiger partial charge in [-0.15, -0.1) is 0 Å². The highest BCUT2D eigenvalue weighted by molar-refractivity contribution is 6.32. The minimum atomic E-state index is 0.503. The summed E-state index contributed by atoms with van der Waals surface area (Å²) in [6.45, 7) is 5.41. The lowest BCUT2D eigenvalue weighted by molar-refractivity contribution is 0.738. The van der Waals surface area contributed by atoms with E-state index in [-0.39, 0.29) is 0 Å². The second-order valence-electron chi connectivity index (χ2n) is 4.15. The van der Waals surface area contributed by atoms with Crippen molar-refractivity contribution in [2.24, 2.45) is 7.05 Å². The highest BCUT2D eigenvalue weighted by atomic mass is 35.5. The van der Waals surface area contributed by atoms with Crippen LogP contribution in [0.4, 0.5) is 11.8 Å². The number of nitrogens with one attached hydrogen (secondary N) is 2. The van der Waals surface area contributed by atoms with Crippen molar-refractivity contribution >= 4 is 23.4 Å². The van der Waals surface area contributed by atoms with Gasteiger partial charge in [-0.05, 0) is 13.8 Å². The van der Waals surface area contributed by atoms with Gasteiger partial charge >= 0.3 is 0 Å². The van der Waals surface area contributed by atoms with Gasteiger partial charge < -0.3 is 10.6 Å². The molecule has 0 aliphatic carbocycles. The minimum absolute atomic E-state index is 0.503. The maximum absolute atomic E-state index is 6.07. The molecule has 0 spiro atoms. The van der Waals surface area contributed by atoms with Crippen LogP contribution in [0.2, 0.25) is 5.02 Å². The first-order chi connectivity index (χ1) is 9.11. The summed E-state index contributed by atoms with van der Waals surface area (Å²) in [6, 6.07) is 0. The van der Waals surface area contributed by atoms with Gasteiger partial charge in [0.15, 0.2) is 5.82 Å². The first-order valence-electron chi connectivity index (χ1n) is 6.09. The van der Waals surface area contributed by atoms with Gasteiger partial charge in [0.05, 0.1) is 12.4 Å². The van der Waals surface area contributed by atoms with Gasteiger partial charge in [0, 0.05) is 31.4 Å². The summed E-state index contributed by atoms with van der Waals surface area (Å²) in [4.78, 5) is 8.42. The normalized spacial score (nSPS) is 10.5. The van der Waals surface area contributed by atoms with E-state index in [0.717, 1.165) is 17.8 Å². The Labute approximate surface area is 117 Å². The van der Waals surface area contributed by atoms with Crippen molar-refractivity contribution in [1.29, 1.82) is 0 Å². The van der Waals surface area contributed by atoms with Gasteiger partial charge in [-0.3, -0.25) is 4.68 Å². The van der Waals surface area contributed by atoms with Crippen LogP contribution >= 0.6 is 11.6 Å². The Morgan fingerprint density at radius 3 is 2.74 bits per heavy atom. The molecular weight excluding hydrogens is 264 g/mol. The van der Waals surface area contributed by atoms with Gasteiger partial charge in [0.25, 0.3) is 0 Å². The van der Waals surface area contributed by atoms with Gasteiger partial charge in [-0.25, -0.2) is 4.98 Å². The quantitative estimate of drug-likeness (QED) is 0.879. The minimum Gasteiger partial charge on any atom is -0.364 e. The van der Waals surface area contributed by atoms with Crippen molar-refractivity contribution in [1.82, 2.24) is 19.7 Å². The summed E-state index contributed by atoms with van der Waals surface area (Å²) >= 11 is 6.07. The summed E-state index contributed by atoms with van der Waals surface area (Å²) in [6.07, 6.45) is 3.42. The first kappa shape index (κ1) is 13.6. The fraction of sp³-hybridized carbons (Fsp3) is 0.417. The molecule has 2 N–H and O–H groups in total. The monoisotopic (exact) mass is 280 g/mol. The summed E-state index contributed by atoms with van der Waals surface area (Å²) in [5.41, 5.74) is 2.23. The SMILES string of the molecule is CCNc1ncc(Cl)c(NCc2cnn(C)c2C)n1. The van der Waals surface area contributed by atoms with E-state index in [1.807, 2.05) is 31.8 Å². The molecule has 0 aliphatic rings. The molecule has 19 heavy (non-hydrogen) atoms. The molecule has 102 valence electrons. The molecule has 0 aliphatic heterocycles. The molecule has 0 aromatic carbocycles. The lowest BCUT2D eigenvalue weighted by Gasteiger charge is -2.09. The third-order valence-electron chi connectivity index (χ3n) is 2.86. The number of anilines is 2. The standard InChI is InChI=1S/C12H17ClN6/c1-4-14-12-16-7-10(13)11(18-12)15-5-9-6-17-19(3)8(9)2/h6-7H,4-5H2,1-3H3,(H2,14,15,16,18). The lowest BCUT2D eigenvalue weighted by atomic mass is 10.2. The zero-order valence-electron chi connectivity index (χ0n) is 11.2. The van der Waals surface area contributed by atoms with Gasteiger partial charge in [0.2, 0.25) is 5.95 Å². The molecule has 7 heteroatoms. The number of halogens is 1. The second kappa shape index (κ2) is 5.88. The Bertz CT molecular complexity index is 565. The topological polar surface area (TPSA) is 67.7 Å². The molecule has 0 bridgehead atoms. The molecule has 2 aromatic heterocycles. The van der Waals surface area contributed by atoms with Gasteiger partial charge in [0.1, 0.15) is 5.02 Å². The second-order valence-corrected chi connectivity index (χ2v) is 4.56. The molecule has 0 atom stereocenters. The van der Waals surface area contributed by atoms with E-state index in [1.165, 1.54) is 0 Å². The van der Waals surface area contributed by atoms with Crippen LogP contribution in [0.5, 0.6) is 0 Å². The molecule has 0 amide bonds. The smallest absolute Gasteiger partial charge is 0.224 e. The van der Waals surface area contributed by atoms with E-state index in [2.05, 4.69) is 25.7 Å². The summed E-state index contributed by atoms with van der Waals surface area (Å²) in [7, 11) is 1.92. The Hall–Kier alpha value is -1.82. The van der Waals surface area contributed by atoms with Crippen LogP contribution in [-0.2, 0) is 13.6 Å². The Morgan fingerprint density at radius 2 is 2.11 bits per heavy atom. The Balaban J connectivity index is 2.10. The summed E-state index contributed by atoms with van der Waals surface area (Å²) < 4.78 is 1.84. The Morgan fingerprint density at radius 1 is 1.32 bits per heavy atom. The number of aromatic nitrogens is 4. The van der Waals surface area contributed by atoms with Crippen molar-refractivity contribution in [3.8, 4) is 0 Å². The van der Waals surface area contributed by atoms with Crippen LogP contribution in [0.15, 0.2) is 12.4 Å². The first-order valence-corrected chi connectivity index (χ1v) is 6.47. The summed E-state index contributed by atoms with van der Waals surface area (Å²) in [5, 5.41) is 11.0. The highest BCUT2D eigenvalue weighted by Gasteiger charge is 2.07. The molecule has 2 aromatic rings. The average molecular weight is 281 g/mol. The molecule has 0 radical (unpaired) electrons. The zero-order valence-corrected chi connectivity index (χ0v) is 12.0. The van der Waals surface area contributed by atoms with Crippen LogP contribution in [-0.4, -0.2) is 26.3 Å².